The van der Waals surface area contributed by atoms with E-state index in [9.17, 15) is 0 Å². The molecule has 2 saturated heterocycles. The fourth-order valence-electron chi connectivity index (χ4n) is 17.5. The van der Waals surface area contributed by atoms with E-state index in [4.69, 9.17) is 15.0 Å². The SMILES string of the molecule is Brc1ccn(-c2nccc3cc(Nc4n[nH]c5cccnc45)ccc23)n1.Cc1cc2cc(Nc3n[nH]c4cccnc34)ccc2c(-n2cccn2)n1.Cc1cc2cc(Nc3n[nH]c4cccnc34)ccc2c(N2CCCC2)n1.Cc1cc2cc(Nc3n[nH]c4cccnc34)ccc2c(N2CCCCC2)n1.c1cnc2c(Nc3ccc4c(N5CCCn6nccc65)nccc4c3)n[nH]c2c1. The zero-order valence-corrected chi connectivity index (χ0v) is 74.6. The van der Waals surface area contributed by atoms with Crippen LogP contribution in [0.4, 0.5) is 80.8 Å². The monoisotopic (exact) mass is 1830 g/mol. The van der Waals surface area contributed by atoms with Gasteiger partial charge in [0.1, 0.15) is 55.5 Å². The number of aromatic nitrogens is 26. The maximum Gasteiger partial charge on any atom is 0.178 e. The summed E-state index contributed by atoms with van der Waals surface area (Å²) in [5.74, 6) is 9.49. The van der Waals surface area contributed by atoms with Crippen molar-refractivity contribution in [1.82, 2.24) is 130 Å². The summed E-state index contributed by atoms with van der Waals surface area (Å²) in [6.45, 7) is 12.4. The summed E-state index contributed by atoms with van der Waals surface area (Å²) < 4.78 is 6.35. The average molecular weight is 1830 g/mol. The van der Waals surface area contributed by atoms with Gasteiger partial charge >= 0.3 is 0 Å². The van der Waals surface area contributed by atoms with E-state index in [-0.39, 0.29) is 0 Å². The molecule has 18 aromatic heterocycles. The second-order valence-electron chi connectivity index (χ2n) is 32.9. The third-order valence-corrected chi connectivity index (χ3v) is 24.2. The van der Waals surface area contributed by atoms with Crippen molar-refractivity contribution in [2.24, 2.45) is 0 Å². The first-order chi connectivity index (χ1) is 66.0. The van der Waals surface area contributed by atoms with Crippen molar-refractivity contribution in [2.75, 3.05) is 74.0 Å². The van der Waals surface area contributed by atoms with Crippen molar-refractivity contribution in [3.63, 3.8) is 0 Å². The Kier molecular flexibility index (Phi) is 22.4. The number of piperidine rings is 1. The van der Waals surface area contributed by atoms with Gasteiger partial charge in [0, 0.05) is 180 Å². The fourth-order valence-corrected chi connectivity index (χ4v) is 17.8. The summed E-state index contributed by atoms with van der Waals surface area (Å²) in [5, 5.41) is 77.8. The Morgan fingerprint density at radius 1 is 0.291 bits per heavy atom. The number of anilines is 14. The molecule has 2 fully saturated rings. The van der Waals surface area contributed by atoms with Crippen LogP contribution in [0.15, 0.2) is 273 Å². The van der Waals surface area contributed by atoms with Crippen LogP contribution < -0.4 is 41.3 Å². The van der Waals surface area contributed by atoms with Gasteiger partial charge in [-0.05, 0) is 296 Å². The number of aromatic amines is 5. The third-order valence-electron chi connectivity index (χ3n) is 23.8. The van der Waals surface area contributed by atoms with Crippen LogP contribution in [0, 0.1) is 20.8 Å². The van der Waals surface area contributed by atoms with Crippen LogP contribution >= 0.6 is 15.9 Å². The standard InChI is InChI=1S/C21H18N8.C21H22N6.C20H20N6.C19H15N7.C18H12BrN7/c1-3-17-19(22-8-1)20(27-26-17)25-15-4-5-16-14(13-15)6-9-23-21(16)28-11-2-12-29-18(28)7-10-24-29;1-14-12-15-13-16(24-20-19-18(25-26-20)6-5-9-22-19)7-8-17(15)21(23-14)27-10-3-2-4-11-27;1-13-11-14-12-15(23-19-18-17(24-25-19)5-4-8-21-18)6-7-16(14)20(22-13)26-9-2-3-10-26;1-12-10-13-11-14(23-18-17-16(24-25-18)4-2-7-20-17)5-6-15(13)19(22-12)26-9-3-8-21-26;19-15-6-9-26(25-15)18-13-4-3-12(10-11(13)5-8-21-18)22-17-16-14(23-24-17)2-1-7-20-16/h1,3-10,13H,2,11-12H2,(H2,25,26,27);5-9,12-13H,2-4,10-11H2,1H3,(H2,24,25,26);4-8,11-12H,2-3,9-10H2,1H3,(H2,23,24,25);2-11H,1H3,(H2,23,24,25);1-10H,(H2,22,23,24). The van der Waals surface area contributed by atoms with Gasteiger partial charge < -0.3 is 41.3 Å². The minimum Gasteiger partial charge on any atom is -0.356 e. The van der Waals surface area contributed by atoms with Crippen LogP contribution in [0.2, 0.25) is 0 Å². The number of fused-ring (bicyclic) bond motifs is 11. The molecule has 0 saturated carbocycles. The number of nitrogens with zero attached hydrogens (tertiary/aromatic N) is 24. The fraction of sp³-hybridized carbons (Fsp3) is 0.152. The van der Waals surface area contributed by atoms with E-state index < -0.39 is 0 Å². The summed E-state index contributed by atoms with van der Waals surface area (Å²) >= 11 is 3.37. The molecular weight excluding hydrogens is 1750 g/mol. The summed E-state index contributed by atoms with van der Waals surface area (Å²) in [4.78, 5) is 52.5. The molecule has 0 unspecified atom stereocenters. The van der Waals surface area contributed by atoms with Gasteiger partial charge in [-0.2, -0.15) is 40.8 Å². The molecular formula is C99H87BrN34. The van der Waals surface area contributed by atoms with E-state index in [1.54, 1.807) is 52.7 Å². The van der Waals surface area contributed by atoms with Crippen molar-refractivity contribution < 1.29 is 0 Å². The van der Waals surface area contributed by atoms with Crippen LogP contribution in [-0.2, 0) is 6.54 Å². The Labute approximate surface area is 772 Å². The summed E-state index contributed by atoms with van der Waals surface area (Å²) in [6, 6.07) is 66.7. The molecule has 34 nitrogen and oxygen atoms in total. The lowest BCUT2D eigenvalue weighted by atomic mass is 10.1. The topological polar surface area (TPSA) is 396 Å². The van der Waals surface area contributed by atoms with E-state index in [2.05, 4.69) is 257 Å². The lowest BCUT2D eigenvalue weighted by Crippen LogP contribution is -2.30. The molecule has 5 aromatic carbocycles. The largest absolute Gasteiger partial charge is 0.356 e. The predicted octanol–water partition coefficient (Wildman–Crippen LogP) is 20.6. The number of rotatable bonds is 15. The van der Waals surface area contributed by atoms with Gasteiger partial charge in [0.2, 0.25) is 0 Å². The molecule has 0 amide bonds. The first kappa shape index (κ1) is 82.4. The predicted molar refractivity (Wildman–Crippen MR) is 532 cm³/mol. The second-order valence-corrected chi connectivity index (χ2v) is 33.7. The summed E-state index contributed by atoms with van der Waals surface area (Å²) in [6.07, 6.45) is 27.2. The number of halogens is 1. The zero-order valence-electron chi connectivity index (χ0n) is 73.0. The quantitative estimate of drug-likeness (QED) is 0.0456. The Morgan fingerprint density at radius 3 is 1.06 bits per heavy atom. The molecule has 3 aliphatic rings. The van der Waals surface area contributed by atoms with Gasteiger partial charge in [-0.15, -0.1) is 0 Å². The Balaban J connectivity index is 0.0000000975. The highest BCUT2D eigenvalue weighted by Crippen LogP contribution is 2.39. The van der Waals surface area contributed by atoms with E-state index in [1.165, 1.54) is 53.6 Å². The first-order valence-electron chi connectivity index (χ1n) is 44.3. The van der Waals surface area contributed by atoms with E-state index in [1.807, 2.05) is 152 Å². The van der Waals surface area contributed by atoms with Crippen molar-refractivity contribution in [3.05, 3.63) is 290 Å². The number of aryl methyl sites for hydroxylation is 4. The molecule has 0 radical (unpaired) electrons. The molecule has 35 heteroatoms. The van der Waals surface area contributed by atoms with Crippen LogP contribution in [0.3, 0.4) is 0 Å². The van der Waals surface area contributed by atoms with Crippen molar-refractivity contribution in [1.29, 1.82) is 0 Å². The van der Waals surface area contributed by atoms with Crippen molar-refractivity contribution >= 4 is 206 Å². The van der Waals surface area contributed by atoms with Gasteiger partial charge in [-0.1, -0.05) is 0 Å². The molecule has 0 spiro atoms. The Hall–Kier alpha value is -17.2. The number of hydrogen-bond acceptors (Lipinski definition) is 26. The molecule has 23 aromatic rings. The highest BCUT2D eigenvalue weighted by molar-refractivity contribution is 9.10. The van der Waals surface area contributed by atoms with Crippen molar-refractivity contribution in [3.8, 4) is 11.6 Å². The van der Waals surface area contributed by atoms with E-state index >= 15 is 0 Å². The minimum absolute atomic E-state index is 0.699. The maximum atomic E-state index is 4.85. The lowest BCUT2D eigenvalue weighted by Gasteiger charge is -2.29. The summed E-state index contributed by atoms with van der Waals surface area (Å²) in [5.41, 5.74) is 16.5. The second kappa shape index (κ2) is 36.4. The van der Waals surface area contributed by atoms with Crippen LogP contribution in [0.5, 0.6) is 0 Å². The van der Waals surface area contributed by atoms with Gasteiger partial charge in [0.15, 0.2) is 40.7 Å². The van der Waals surface area contributed by atoms with Crippen molar-refractivity contribution in [2.45, 2.75) is 65.8 Å². The van der Waals surface area contributed by atoms with Gasteiger partial charge in [0.25, 0.3) is 0 Å². The zero-order chi connectivity index (χ0) is 90.0. The van der Waals surface area contributed by atoms with Crippen LogP contribution in [-0.4, -0.2) is 163 Å². The molecule has 660 valence electrons. The average Bonchev–Trinajstić information content (AvgIpc) is 1.61. The number of benzene rings is 5. The molecule has 0 bridgehead atoms. The van der Waals surface area contributed by atoms with Gasteiger partial charge in [0.05, 0.1) is 33.8 Å². The molecule has 10 N–H and O–H groups in total. The molecule has 0 atom stereocenters. The number of H-pyrrole nitrogens is 5. The minimum atomic E-state index is 0.699. The van der Waals surface area contributed by atoms with Gasteiger partial charge in [-0.3, -0.25) is 50.4 Å². The number of hydrogen-bond donors (Lipinski definition) is 10. The first-order valence-corrected chi connectivity index (χ1v) is 45.1. The Morgan fingerprint density at radius 2 is 0.664 bits per heavy atom. The third kappa shape index (κ3) is 17.1. The number of nitrogens with one attached hydrogen (secondary N) is 10. The smallest absolute Gasteiger partial charge is 0.178 e. The molecule has 21 heterocycles. The van der Waals surface area contributed by atoms with Gasteiger partial charge in [-0.25, -0.2) is 39.0 Å². The molecule has 26 rings (SSSR count). The summed E-state index contributed by atoms with van der Waals surface area (Å²) in [7, 11) is 0. The van der Waals surface area contributed by atoms with E-state index in [0.717, 1.165) is 230 Å². The highest BCUT2D eigenvalue weighted by atomic mass is 79.9. The molecule has 3 aliphatic heterocycles. The lowest BCUT2D eigenvalue weighted by molar-refractivity contribution is 0.541. The molecule has 134 heavy (non-hydrogen) atoms. The molecule has 0 aliphatic carbocycles. The number of pyridine rings is 10. The van der Waals surface area contributed by atoms with E-state index in [0.29, 0.717) is 17.5 Å². The van der Waals surface area contributed by atoms with Crippen LogP contribution in [0.1, 0.15) is 55.6 Å². The highest BCUT2D eigenvalue weighted by Gasteiger charge is 2.25. The van der Waals surface area contributed by atoms with Crippen LogP contribution in [0.25, 0.3) is 121 Å². The Bertz CT molecular complexity index is 8220. The maximum absolute atomic E-state index is 4.85. The normalized spacial score (nSPS) is 13.1.